The van der Waals surface area contributed by atoms with E-state index in [1.807, 2.05) is 39.0 Å². The zero-order valence-corrected chi connectivity index (χ0v) is 25.5. The Hall–Kier alpha value is -3.50. The van der Waals surface area contributed by atoms with E-state index in [0.717, 1.165) is 73.2 Å². The van der Waals surface area contributed by atoms with Gasteiger partial charge >= 0.3 is 41.5 Å². The number of aliphatic hydroxyl groups is 1. The summed E-state index contributed by atoms with van der Waals surface area (Å²) in [5.41, 5.74) is 13.6. The molecule has 5 heterocycles. The van der Waals surface area contributed by atoms with E-state index in [-0.39, 0.29) is 48.8 Å². The van der Waals surface area contributed by atoms with Crippen LogP contribution in [0.2, 0.25) is 0 Å². The second kappa shape index (κ2) is 13.2. The number of fused-ring (bicyclic) bond motifs is 8. The third kappa shape index (κ3) is 6.33. The Kier molecular flexibility index (Phi) is 10.0. The summed E-state index contributed by atoms with van der Waals surface area (Å²) in [6, 6.07) is 7.85. The van der Waals surface area contributed by atoms with Gasteiger partial charge in [0.2, 0.25) is 0 Å². The van der Waals surface area contributed by atoms with Gasteiger partial charge in [0, 0.05) is 40.5 Å². The van der Waals surface area contributed by atoms with Crippen LogP contribution >= 0.6 is 0 Å². The average molecular weight is 607 g/mol. The fraction of sp³-hybridized carbons (Fsp3) is 0.353. The predicted octanol–water partition coefficient (Wildman–Crippen LogP) is 6.49. The van der Waals surface area contributed by atoms with E-state index in [9.17, 15) is 24.9 Å². The molecule has 0 aliphatic carbocycles. The first-order valence-corrected chi connectivity index (χ1v) is 14.7. The van der Waals surface area contributed by atoms with E-state index in [1.54, 1.807) is 6.92 Å². The van der Waals surface area contributed by atoms with E-state index in [1.165, 1.54) is 5.56 Å². The van der Waals surface area contributed by atoms with E-state index in [4.69, 9.17) is 9.97 Å². The van der Waals surface area contributed by atoms with Crippen molar-refractivity contribution in [3.05, 3.63) is 69.3 Å². The molecule has 3 aromatic heterocycles. The summed E-state index contributed by atoms with van der Waals surface area (Å²) in [5.74, 6) is -1.79. The Labute approximate surface area is 278 Å². The number of H-pyrrole nitrogens is 2. The van der Waals surface area contributed by atoms with Crippen molar-refractivity contribution in [1.82, 2.24) is 19.9 Å². The Morgan fingerprint density at radius 3 is 1.68 bits per heavy atom. The molecular formula is C34H39N4NaO5. The molecule has 0 spiro atoms. The van der Waals surface area contributed by atoms with Crippen LogP contribution in [0.4, 0.5) is 0 Å². The molecule has 5 N–H and O–H groups in total. The zero-order chi connectivity index (χ0) is 31.2. The summed E-state index contributed by atoms with van der Waals surface area (Å²) in [4.78, 5) is 40.1. The molecule has 1 unspecified atom stereocenters. The monoisotopic (exact) mass is 606 g/mol. The molecular weight excluding hydrogens is 567 g/mol. The normalized spacial score (nSPS) is 13.7. The molecule has 10 heteroatoms. The van der Waals surface area contributed by atoms with Crippen molar-refractivity contribution >= 4 is 85.9 Å². The first-order chi connectivity index (χ1) is 20.4. The summed E-state index contributed by atoms with van der Waals surface area (Å²) in [5, 5.41) is 29.7. The van der Waals surface area contributed by atoms with Gasteiger partial charge in [-0.05, 0) is 117 Å². The second-order valence-electron chi connectivity index (χ2n) is 11.4. The number of carbonyl (C=O) groups is 2. The van der Waals surface area contributed by atoms with Gasteiger partial charge in [-0.3, -0.25) is 9.59 Å². The van der Waals surface area contributed by atoms with Gasteiger partial charge in [-0.15, -0.1) is 0 Å². The third-order valence-corrected chi connectivity index (χ3v) is 8.67. The number of aliphatic carboxylic acids is 2. The van der Waals surface area contributed by atoms with Gasteiger partial charge in [0.1, 0.15) is 0 Å². The summed E-state index contributed by atoms with van der Waals surface area (Å²) in [6.07, 6.45) is 0.583. The van der Waals surface area contributed by atoms with Crippen LogP contribution in [0.5, 0.6) is 0 Å². The van der Waals surface area contributed by atoms with Crippen LogP contribution in [0, 0.1) is 13.8 Å². The number of hydrogen-bond acceptors (Lipinski definition) is 5. The maximum absolute atomic E-state index is 11.5. The molecule has 3 aromatic rings. The van der Waals surface area contributed by atoms with E-state index < -0.39 is 18.0 Å². The van der Waals surface area contributed by atoms with Gasteiger partial charge in [0.05, 0.1) is 28.9 Å². The molecule has 0 aromatic carbocycles. The molecule has 2 aliphatic heterocycles. The third-order valence-electron chi connectivity index (χ3n) is 8.67. The summed E-state index contributed by atoms with van der Waals surface area (Å²) < 4.78 is 0. The van der Waals surface area contributed by atoms with Crippen LogP contribution in [0.3, 0.4) is 0 Å². The predicted molar refractivity (Wildman–Crippen MR) is 176 cm³/mol. The van der Waals surface area contributed by atoms with Gasteiger partial charge in [0.25, 0.3) is 0 Å². The van der Waals surface area contributed by atoms with Gasteiger partial charge in [-0.25, -0.2) is 9.97 Å². The first kappa shape index (κ1) is 33.4. The van der Waals surface area contributed by atoms with Crippen LogP contribution < -0.4 is 0 Å². The van der Waals surface area contributed by atoms with Crippen molar-refractivity contribution in [2.75, 3.05) is 0 Å². The number of aromatic nitrogens is 4. The number of aryl methyl sites for hydroxylation is 3. The van der Waals surface area contributed by atoms with Gasteiger partial charge in [-0.1, -0.05) is 6.92 Å². The molecule has 0 radical (unpaired) electrons. The standard InChI is InChI=1S/C34H38N4O5.Na.H/c1-7-21-16(2)24-12-25-17(3)22(8-10-32(40)41)29(36-25)15-30-23(9-11-33(42)43)18(4)26(37-30)14-31-34(20(6)39)19(5)27(38-31)13-28(21)35-24;;/h12-15,20,35,38-39H,7-11H2,1-6H3,(H,40,41)(H,42,43);;. The van der Waals surface area contributed by atoms with Crippen LogP contribution in [0.25, 0.3) is 44.4 Å². The van der Waals surface area contributed by atoms with Crippen molar-refractivity contribution in [3.8, 4) is 0 Å². The summed E-state index contributed by atoms with van der Waals surface area (Å²) >= 11 is 0. The molecule has 5 rings (SSSR count). The van der Waals surface area contributed by atoms with Crippen molar-refractivity contribution < 1.29 is 24.9 Å². The number of allylic oxidation sites excluding steroid dienone is 4. The molecule has 8 bridgehead atoms. The molecule has 1 atom stereocenters. The quantitative estimate of drug-likeness (QED) is 0.184. The SMILES string of the molecule is CCc1c(C)c2cc3nc(cc4nc(cc5[nH]c(cc1[nH]2)c(C)c5C(C)O)C(C)=C4CCC(=O)O)C(CCC(=O)O)=C3C.[NaH]. The number of carboxylic acid groups (broad SMARTS) is 2. The second-order valence-corrected chi connectivity index (χ2v) is 11.4. The van der Waals surface area contributed by atoms with Gasteiger partial charge in [0.15, 0.2) is 0 Å². The van der Waals surface area contributed by atoms with Crippen LogP contribution in [-0.4, -0.2) is 76.8 Å². The minimum absolute atomic E-state index is 0. The number of nitrogens with zero attached hydrogens (tertiary/aromatic N) is 2. The van der Waals surface area contributed by atoms with Crippen LogP contribution in [-0.2, 0) is 16.0 Å². The van der Waals surface area contributed by atoms with Crippen LogP contribution in [0.1, 0.15) is 105 Å². The Bertz CT molecular complexity index is 1890. The van der Waals surface area contributed by atoms with E-state index >= 15 is 0 Å². The van der Waals surface area contributed by atoms with Crippen molar-refractivity contribution in [1.29, 1.82) is 0 Å². The number of aromatic amines is 2. The fourth-order valence-electron chi connectivity index (χ4n) is 6.27. The average Bonchev–Trinajstić information content (AvgIpc) is 3.59. The van der Waals surface area contributed by atoms with Gasteiger partial charge < -0.3 is 25.3 Å². The molecule has 44 heavy (non-hydrogen) atoms. The molecule has 0 saturated heterocycles. The molecule has 0 fully saturated rings. The van der Waals surface area contributed by atoms with Gasteiger partial charge in [-0.2, -0.15) is 0 Å². The zero-order valence-electron chi connectivity index (χ0n) is 25.5. The van der Waals surface area contributed by atoms with E-state index in [0.29, 0.717) is 23.5 Å². The number of aliphatic hydroxyl groups excluding tert-OH is 1. The Balaban J connectivity index is 0.00000442. The molecule has 0 saturated carbocycles. The molecule has 226 valence electrons. The molecule has 2 aliphatic rings. The number of nitrogens with one attached hydrogen (secondary N) is 2. The number of hydrogen-bond donors (Lipinski definition) is 5. The maximum atomic E-state index is 11.5. The Morgan fingerprint density at radius 1 is 0.727 bits per heavy atom. The summed E-state index contributed by atoms with van der Waals surface area (Å²) in [7, 11) is 0. The Morgan fingerprint density at radius 2 is 1.20 bits per heavy atom. The first-order valence-electron chi connectivity index (χ1n) is 14.7. The van der Waals surface area contributed by atoms with Crippen molar-refractivity contribution in [2.24, 2.45) is 0 Å². The van der Waals surface area contributed by atoms with Crippen LogP contribution in [0.15, 0.2) is 24.3 Å². The van der Waals surface area contributed by atoms with Crippen molar-refractivity contribution in [3.63, 3.8) is 0 Å². The minimum atomic E-state index is -0.903. The number of carboxylic acids is 2. The molecule has 0 amide bonds. The fourth-order valence-corrected chi connectivity index (χ4v) is 6.27. The van der Waals surface area contributed by atoms with E-state index in [2.05, 4.69) is 29.9 Å². The topological polar surface area (TPSA) is 152 Å². The molecule has 9 nitrogen and oxygen atoms in total. The number of rotatable bonds is 8. The van der Waals surface area contributed by atoms with Crippen molar-refractivity contribution in [2.45, 2.75) is 79.8 Å². The summed E-state index contributed by atoms with van der Waals surface area (Å²) in [6.45, 7) is 11.8.